The summed E-state index contributed by atoms with van der Waals surface area (Å²) in [6, 6.07) is 0. The standard InChI is InChI=1S/C13H23NO4/c1-13(2,3)10(12(16)17)11(15)14-7-6-9-5-4-8-18-9/h9-10H,4-8H2,1-3H3,(H,14,15)(H,16,17). The number of carboxylic acid groups (broad SMARTS) is 1. The maximum absolute atomic E-state index is 11.9. The molecular weight excluding hydrogens is 234 g/mol. The minimum Gasteiger partial charge on any atom is -0.481 e. The van der Waals surface area contributed by atoms with E-state index in [1.54, 1.807) is 20.8 Å². The lowest BCUT2D eigenvalue weighted by molar-refractivity contribution is -0.151. The molecule has 1 fully saturated rings. The fourth-order valence-corrected chi connectivity index (χ4v) is 2.21. The number of carboxylic acids is 1. The minimum atomic E-state index is -1.07. The lowest BCUT2D eigenvalue weighted by Crippen LogP contribution is -2.43. The highest BCUT2D eigenvalue weighted by Crippen LogP contribution is 2.26. The van der Waals surface area contributed by atoms with Crippen LogP contribution in [-0.2, 0) is 14.3 Å². The Morgan fingerprint density at radius 3 is 2.56 bits per heavy atom. The lowest BCUT2D eigenvalue weighted by Gasteiger charge is -2.26. The first kappa shape index (κ1) is 15.0. The predicted octanol–water partition coefficient (Wildman–Crippen LogP) is 1.42. The first-order valence-corrected chi connectivity index (χ1v) is 6.44. The van der Waals surface area contributed by atoms with Crippen LogP contribution in [0.1, 0.15) is 40.0 Å². The fraction of sp³-hybridized carbons (Fsp3) is 0.846. The summed E-state index contributed by atoms with van der Waals surface area (Å²) in [5.41, 5.74) is -0.584. The molecule has 2 atom stereocenters. The maximum atomic E-state index is 11.9. The molecule has 0 radical (unpaired) electrons. The Balaban J connectivity index is 2.39. The van der Waals surface area contributed by atoms with Crippen molar-refractivity contribution >= 4 is 11.9 Å². The number of rotatable bonds is 5. The maximum Gasteiger partial charge on any atom is 0.316 e. The Hall–Kier alpha value is -1.10. The van der Waals surface area contributed by atoms with Gasteiger partial charge in [-0.2, -0.15) is 0 Å². The van der Waals surface area contributed by atoms with Crippen LogP contribution in [0, 0.1) is 11.3 Å². The van der Waals surface area contributed by atoms with Gasteiger partial charge in [0.2, 0.25) is 5.91 Å². The van der Waals surface area contributed by atoms with Crippen molar-refractivity contribution < 1.29 is 19.4 Å². The van der Waals surface area contributed by atoms with Gasteiger partial charge in [-0.25, -0.2) is 0 Å². The van der Waals surface area contributed by atoms with Gasteiger partial charge in [-0.3, -0.25) is 9.59 Å². The number of aliphatic carboxylic acids is 1. The first-order chi connectivity index (χ1) is 8.32. The molecule has 18 heavy (non-hydrogen) atoms. The van der Waals surface area contributed by atoms with Crippen LogP contribution in [0.2, 0.25) is 0 Å². The summed E-state index contributed by atoms with van der Waals surface area (Å²) >= 11 is 0. The molecule has 1 rings (SSSR count). The summed E-state index contributed by atoms with van der Waals surface area (Å²) in [7, 11) is 0. The second-order valence-corrected chi connectivity index (χ2v) is 5.85. The van der Waals surface area contributed by atoms with E-state index in [9.17, 15) is 9.59 Å². The van der Waals surface area contributed by atoms with Crippen molar-refractivity contribution in [3.05, 3.63) is 0 Å². The summed E-state index contributed by atoms with van der Waals surface area (Å²) in [5.74, 6) is -2.49. The van der Waals surface area contributed by atoms with Gasteiger partial charge in [-0.1, -0.05) is 20.8 Å². The van der Waals surface area contributed by atoms with Crippen molar-refractivity contribution in [3.63, 3.8) is 0 Å². The van der Waals surface area contributed by atoms with Gasteiger partial charge in [0, 0.05) is 13.2 Å². The molecule has 0 saturated carbocycles. The van der Waals surface area contributed by atoms with E-state index < -0.39 is 23.2 Å². The average Bonchev–Trinajstić information content (AvgIpc) is 2.67. The molecule has 1 heterocycles. The zero-order valence-corrected chi connectivity index (χ0v) is 11.4. The van der Waals surface area contributed by atoms with E-state index in [1.807, 2.05) is 0 Å². The van der Waals surface area contributed by atoms with Crippen molar-refractivity contribution in [2.75, 3.05) is 13.2 Å². The van der Waals surface area contributed by atoms with Crippen molar-refractivity contribution in [1.29, 1.82) is 0 Å². The summed E-state index contributed by atoms with van der Waals surface area (Å²) in [6.07, 6.45) is 3.06. The van der Waals surface area contributed by atoms with E-state index in [1.165, 1.54) is 0 Å². The predicted molar refractivity (Wildman–Crippen MR) is 67.2 cm³/mol. The molecule has 5 nitrogen and oxygen atoms in total. The van der Waals surface area contributed by atoms with Gasteiger partial charge < -0.3 is 15.2 Å². The number of nitrogens with one attached hydrogen (secondary N) is 1. The van der Waals surface area contributed by atoms with Gasteiger partial charge in [0.25, 0.3) is 0 Å². The van der Waals surface area contributed by atoms with Crippen molar-refractivity contribution in [1.82, 2.24) is 5.32 Å². The van der Waals surface area contributed by atoms with Crippen molar-refractivity contribution in [3.8, 4) is 0 Å². The molecule has 0 aliphatic carbocycles. The lowest BCUT2D eigenvalue weighted by atomic mass is 9.80. The molecule has 1 aliphatic heterocycles. The molecule has 0 aromatic heterocycles. The van der Waals surface area contributed by atoms with E-state index in [-0.39, 0.29) is 6.10 Å². The van der Waals surface area contributed by atoms with Crippen LogP contribution in [0.3, 0.4) is 0 Å². The molecule has 0 aromatic rings. The summed E-state index contributed by atoms with van der Waals surface area (Å²) in [4.78, 5) is 23.0. The number of carbonyl (C=O) groups excluding carboxylic acids is 1. The molecule has 2 unspecified atom stereocenters. The van der Waals surface area contributed by atoms with Gasteiger partial charge in [0.15, 0.2) is 0 Å². The highest BCUT2D eigenvalue weighted by atomic mass is 16.5. The Labute approximate surface area is 108 Å². The highest BCUT2D eigenvalue weighted by Gasteiger charge is 2.37. The molecule has 1 amide bonds. The first-order valence-electron chi connectivity index (χ1n) is 6.44. The third kappa shape index (κ3) is 4.29. The van der Waals surface area contributed by atoms with Crippen LogP contribution in [0.25, 0.3) is 0 Å². The second kappa shape index (κ2) is 6.18. The van der Waals surface area contributed by atoms with E-state index in [0.29, 0.717) is 6.54 Å². The van der Waals surface area contributed by atoms with Gasteiger partial charge in [0.1, 0.15) is 5.92 Å². The summed E-state index contributed by atoms with van der Waals surface area (Å²) in [5, 5.41) is 11.8. The second-order valence-electron chi connectivity index (χ2n) is 5.85. The Bertz CT molecular complexity index is 303. The number of amides is 1. The molecule has 0 spiro atoms. The van der Waals surface area contributed by atoms with Crippen LogP contribution in [0.15, 0.2) is 0 Å². The van der Waals surface area contributed by atoms with E-state index in [4.69, 9.17) is 9.84 Å². The van der Waals surface area contributed by atoms with Crippen molar-refractivity contribution in [2.24, 2.45) is 11.3 Å². The van der Waals surface area contributed by atoms with E-state index >= 15 is 0 Å². The highest BCUT2D eigenvalue weighted by molar-refractivity contribution is 5.97. The number of hydrogen-bond donors (Lipinski definition) is 2. The van der Waals surface area contributed by atoms with Crippen molar-refractivity contribution in [2.45, 2.75) is 46.1 Å². The largest absolute Gasteiger partial charge is 0.481 e. The Morgan fingerprint density at radius 1 is 1.44 bits per heavy atom. The van der Waals surface area contributed by atoms with Crippen LogP contribution in [0.5, 0.6) is 0 Å². The molecule has 1 saturated heterocycles. The topological polar surface area (TPSA) is 75.6 Å². The molecule has 1 aliphatic rings. The molecule has 0 bridgehead atoms. The molecule has 104 valence electrons. The molecule has 2 N–H and O–H groups in total. The monoisotopic (exact) mass is 257 g/mol. The zero-order valence-electron chi connectivity index (χ0n) is 11.4. The minimum absolute atomic E-state index is 0.211. The Kier molecular flexibility index (Phi) is 5.14. The third-order valence-electron chi connectivity index (χ3n) is 3.16. The molecule has 5 heteroatoms. The van der Waals surface area contributed by atoms with Crippen LogP contribution >= 0.6 is 0 Å². The SMILES string of the molecule is CC(C)(C)C(C(=O)O)C(=O)NCCC1CCCO1. The van der Waals surface area contributed by atoms with Gasteiger partial charge >= 0.3 is 5.97 Å². The normalized spacial score (nSPS) is 21.6. The number of hydrogen-bond acceptors (Lipinski definition) is 3. The summed E-state index contributed by atoms with van der Waals surface area (Å²) < 4.78 is 5.44. The van der Waals surface area contributed by atoms with Crippen LogP contribution in [0.4, 0.5) is 0 Å². The molecular formula is C13H23NO4. The summed E-state index contributed by atoms with van der Waals surface area (Å²) in [6.45, 7) is 6.53. The molecule has 0 aromatic carbocycles. The van der Waals surface area contributed by atoms with Crippen LogP contribution < -0.4 is 5.32 Å². The zero-order chi connectivity index (χ0) is 13.8. The third-order valence-corrected chi connectivity index (χ3v) is 3.16. The van der Waals surface area contributed by atoms with Gasteiger partial charge in [0.05, 0.1) is 6.10 Å². The smallest absolute Gasteiger partial charge is 0.316 e. The Morgan fingerprint density at radius 2 is 2.11 bits per heavy atom. The van der Waals surface area contributed by atoms with Gasteiger partial charge in [-0.15, -0.1) is 0 Å². The number of ether oxygens (including phenoxy) is 1. The van der Waals surface area contributed by atoms with E-state index in [2.05, 4.69) is 5.32 Å². The van der Waals surface area contributed by atoms with E-state index in [0.717, 1.165) is 25.9 Å². The quantitative estimate of drug-likeness (QED) is 0.730. The average molecular weight is 257 g/mol. The fourth-order valence-electron chi connectivity index (χ4n) is 2.21. The van der Waals surface area contributed by atoms with Crippen LogP contribution in [-0.4, -0.2) is 36.2 Å². The van der Waals surface area contributed by atoms with Gasteiger partial charge in [-0.05, 0) is 24.7 Å². The number of carbonyl (C=O) groups is 2.